The molecule has 15 heavy (non-hydrogen) atoms. The lowest BCUT2D eigenvalue weighted by atomic mass is 10.2. The summed E-state index contributed by atoms with van der Waals surface area (Å²) in [5.74, 6) is 5.77. The number of alkyl halides is 4. The fourth-order valence-corrected chi connectivity index (χ4v) is 0.942. The van der Waals surface area contributed by atoms with Crippen molar-refractivity contribution in [3.63, 3.8) is 0 Å². The molecule has 1 aromatic rings. The van der Waals surface area contributed by atoms with Crippen molar-refractivity contribution in [2.75, 3.05) is 5.88 Å². The van der Waals surface area contributed by atoms with E-state index in [0.29, 0.717) is 17.9 Å². The third kappa shape index (κ3) is 3.80. The highest BCUT2D eigenvalue weighted by Gasteiger charge is 2.31. The van der Waals surface area contributed by atoms with E-state index in [1.54, 1.807) is 0 Å². The number of halogens is 4. The molecule has 0 saturated carbocycles. The number of aromatic nitrogens is 1. The summed E-state index contributed by atoms with van der Waals surface area (Å²) in [6.45, 7) is 0. The van der Waals surface area contributed by atoms with Gasteiger partial charge < -0.3 is 0 Å². The van der Waals surface area contributed by atoms with Gasteiger partial charge in [0.25, 0.3) is 0 Å². The Hall–Kier alpha value is -1.21. The molecule has 1 heterocycles. The molecular formula is C10H7ClF3N. The van der Waals surface area contributed by atoms with Gasteiger partial charge in [0.15, 0.2) is 0 Å². The van der Waals surface area contributed by atoms with E-state index in [2.05, 4.69) is 16.8 Å². The number of hydrogen-bond donors (Lipinski definition) is 0. The van der Waals surface area contributed by atoms with Gasteiger partial charge in [-0.15, -0.1) is 11.6 Å². The molecule has 1 rings (SSSR count). The Labute approximate surface area is 90.3 Å². The van der Waals surface area contributed by atoms with Crippen LogP contribution < -0.4 is 0 Å². The van der Waals surface area contributed by atoms with E-state index in [4.69, 9.17) is 11.6 Å². The monoisotopic (exact) mass is 233 g/mol. The predicted molar refractivity (Wildman–Crippen MR) is 51.5 cm³/mol. The Morgan fingerprint density at radius 1 is 1.33 bits per heavy atom. The van der Waals surface area contributed by atoms with Crippen LogP contribution in [-0.4, -0.2) is 10.9 Å². The summed E-state index contributed by atoms with van der Waals surface area (Å²) in [6.07, 6.45) is -2.80. The Balaban J connectivity index is 2.79. The van der Waals surface area contributed by atoms with E-state index < -0.39 is 11.9 Å². The minimum Gasteiger partial charge on any atom is -0.250 e. The minimum absolute atomic E-state index is 0.404. The minimum atomic E-state index is -4.40. The van der Waals surface area contributed by atoms with Gasteiger partial charge in [0.05, 0.1) is 0 Å². The molecule has 0 unspecified atom stereocenters. The second-order valence-electron chi connectivity index (χ2n) is 2.67. The van der Waals surface area contributed by atoms with Crippen LogP contribution in [-0.2, 0) is 6.18 Å². The van der Waals surface area contributed by atoms with E-state index in [-0.39, 0.29) is 0 Å². The second kappa shape index (κ2) is 5.04. The third-order valence-corrected chi connectivity index (χ3v) is 1.70. The number of hydrogen-bond acceptors (Lipinski definition) is 1. The molecule has 0 aliphatic rings. The van der Waals surface area contributed by atoms with Gasteiger partial charge in [-0.05, 0) is 12.1 Å². The topological polar surface area (TPSA) is 12.9 Å². The van der Waals surface area contributed by atoms with Crippen molar-refractivity contribution in [3.8, 4) is 11.8 Å². The van der Waals surface area contributed by atoms with E-state index in [0.717, 1.165) is 12.3 Å². The lowest BCUT2D eigenvalue weighted by molar-refractivity contribution is -0.141. The van der Waals surface area contributed by atoms with Gasteiger partial charge in [-0.3, -0.25) is 4.98 Å². The van der Waals surface area contributed by atoms with Gasteiger partial charge in [-0.2, -0.15) is 13.2 Å². The SMILES string of the molecule is FC(F)(F)c1ccc(C#CCCCl)cn1. The molecule has 0 aliphatic heterocycles. The van der Waals surface area contributed by atoms with Crippen LogP contribution in [0.1, 0.15) is 17.7 Å². The highest BCUT2D eigenvalue weighted by molar-refractivity contribution is 6.18. The Morgan fingerprint density at radius 2 is 2.07 bits per heavy atom. The first-order chi connectivity index (χ1) is 7.04. The molecule has 0 bridgehead atoms. The number of rotatable bonds is 1. The van der Waals surface area contributed by atoms with Gasteiger partial charge in [0, 0.05) is 24.1 Å². The molecule has 0 saturated heterocycles. The molecule has 0 aliphatic carbocycles. The zero-order valence-corrected chi connectivity index (χ0v) is 8.36. The predicted octanol–water partition coefficient (Wildman–Crippen LogP) is 3.08. The first-order valence-corrected chi connectivity index (χ1v) is 4.65. The van der Waals surface area contributed by atoms with Crippen molar-refractivity contribution >= 4 is 11.6 Å². The van der Waals surface area contributed by atoms with Gasteiger partial charge in [-0.1, -0.05) is 11.8 Å². The molecule has 0 radical (unpaired) electrons. The van der Waals surface area contributed by atoms with E-state index in [9.17, 15) is 13.2 Å². The highest BCUT2D eigenvalue weighted by Crippen LogP contribution is 2.26. The van der Waals surface area contributed by atoms with Crippen molar-refractivity contribution in [3.05, 3.63) is 29.6 Å². The maximum Gasteiger partial charge on any atom is 0.433 e. The molecule has 80 valence electrons. The average molecular weight is 234 g/mol. The van der Waals surface area contributed by atoms with Gasteiger partial charge >= 0.3 is 6.18 Å². The Bertz CT molecular complexity index is 372. The second-order valence-corrected chi connectivity index (χ2v) is 3.05. The molecule has 0 spiro atoms. The molecule has 5 heteroatoms. The largest absolute Gasteiger partial charge is 0.433 e. The molecule has 0 amide bonds. The highest BCUT2D eigenvalue weighted by atomic mass is 35.5. The number of nitrogens with zero attached hydrogens (tertiary/aromatic N) is 1. The van der Waals surface area contributed by atoms with Crippen LogP contribution in [0.5, 0.6) is 0 Å². The maximum absolute atomic E-state index is 12.1. The summed E-state index contributed by atoms with van der Waals surface area (Å²) in [5.41, 5.74) is -0.460. The quantitative estimate of drug-likeness (QED) is 0.537. The Morgan fingerprint density at radius 3 is 2.53 bits per heavy atom. The van der Waals surface area contributed by atoms with Crippen LogP contribution in [0.25, 0.3) is 0 Å². The van der Waals surface area contributed by atoms with Gasteiger partial charge in [-0.25, -0.2) is 0 Å². The molecule has 0 aromatic carbocycles. The maximum atomic E-state index is 12.1. The Kier molecular flexibility index (Phi) is 3.98. The fourth-order valence-electron chi connectivity index (χ4n) is 0.847. The number of pyridine rings is 1. The van der Waals surface area contributed by atoms with Crippen molar-refractivity contribution in [1.29, 1.82) is 0 Å². The third-order valence-electron chi connectivity index (χ3n) is 1.51. The summed E-state index contributed by atoms with van der Waals surface area (Å²) in [7, 11) is 0. The van der Waals surface area contributed by atoms with Gasteiger partial charge in [0.2, 0.25) is 0 Å². The van der Waals surface area contributed by atoms with E-state index >= 15 is 0 Å². The van der Waals surface area contributed by atoms with Crippen LogP contribution in [0.2, 0.25) is 0 Å². The van der Waals surface area contributed by atoms with Crippen molar-refractivity contribution < 1.29 is 13.2 Å². The standard InChI is InChI=1S/C10H7ClF3N/c11-6-2-1-3-8-4-5-9(15-7-8)10(12,13)14/h4-5,7H,2,6H2. The summed E-state index contributed by atoms with van der Waals surface area (Å²) < 4.78 is 36.3. The zero-order chi connectivity index (χ0) is 11.3. The smallest absolute Gasteiger partial charge is 0.250 e. The van der Waals surface area contributed by atoms with Crippen LogP contribution in [0.3, 0.4) is 0 Å². The lowest BCUT2D eigenvalue weighted by Gasteiger charge is -2.03. The molecule has 0 atom stereocenters. The molecule has 0 fully saturated rings. The summed E-state index contributed by atoms with van der Waals surface area (Å²) in [6, 6.07) is 2.20. The van der Waals surface area contributed by atoms with Crippen molar-refractivity contribution in [1.82, 2.24) is 4.98 Å². The summed E-state index contributed by atoms with van der Waals surface area (Å²) in [4.78, 5) is 3.27. The normalized spacial score (nSPS) is 10.7. The summed E-state index contributed by atoms with van der Waals surface area (Å²) >= 11 is 5.39. The van der Waals surface area contributed by atoms with Crippen molar-refractivity contribution in [2.24, 2.45) is 0 Å². The molecule has 0 N–H and O–H groups in total. The average Bonchev–Trinajstić information content (AvgIpc) is 2.18. The summed E-state index contributed by atoms with van der Waals surface area (Å²) in [5, 5.41) is 0. The molecule has 1 aromatic heterocycles. The van der Waals surface area contributed by atoms with Crippen LogP contribution in [0, 0.1) is 11.8 Å². The fraction of sp³-hybridized carbons (Fsp3) is 0.300. The van der Waals surface area contributed by atoms with Gasteiger partial charge in [0.1, 0.15) is 5.69 Å². The van der Waals surface area contributed by atoms with E-state index in [1.165, 1.54) is 6.07 Å². The van der Waals surface area contributed by atoms with Crippen molar-refractivity contribution in [2.45, 2.75) is 12.6 Å². The first kappa shape index (κ1) is 11.9. The van der Waals surface area contributed by atoms with Crippen LogP contribution in [0.4, 0.5) is 13.2 Å². The molecular weight excluding hydrogens is 227 g/mol. The van der Waals surface area contributed by atoms with Crippen LogP contribution >= 0.6 is 11.6 Å². The van der Waals surface area contributed by atoms with Crippen LogP contribution in [0.15, 0.2) is 18.3 Å². The lowest BCUT2D eigenvalue weighted by Crippen LogP contribution is -2.07. The first-order valence-electron chi connectivity index (χ1n) is 4.12. The molecule has 1 nitrogen and oxygen atoms in total. The zero-order valence-electron chi connectivity index (χ0n) is 7.61. The van der Waals surface area contributed by atoms with E-state index in [1.807, 2.05) is 0 Å².